The summed E-state index contributed by atoms with van der Waals surface area (Å²) >= 11 is 0. The summed E-state index contributed by atoms with van der Waals surface area (Å²) in [4.78, 5) is 0. The Morgan fingerprint density at radius 2 is 1.81 bits per heavy atom. The highest BCUT2D eigenvalue weighted by Crippen LogP contribution is 2.30. The minimum Gasteiger partial charge on any atom is -0.493 e. The zero-order valence-corrected chi connectivity index (χ0v) is 13.8. The first-order chi connectivity index (χ1) is 9.91. The molecule has 1 aromatic carbocycles. The normalized spacial score (nSPS) is 13.0. The van der Waals surface area contributed by atoms with Gasteiger partial charge in [0.25, 0.3) is 0 Å². The van der Waals surface area contributed by atoms with Crippen LogP contribution in [0.2, 0.25) is 0 Å². The van der Waals surface area contributed by atoms with Gasteiger partial charge in [-0.2, -0.15) is 0 Å². The Morgan fingerprint density at radius 3 is 2.33 bits per heavy atom. The summed E-state index contributed by atoms with van der Waals surface area (Å²) in [5.41, 5.74) is 1.08. The molecule has 0 aliphatic heterocycles. The summed E-state index contributed by atoms with van der Waals surface area (Å²) in [5, 5.41) is 3.32. The maximum absolute atomic E-state index is 11.0. The van der Waals surface area contributed by atoms with E-state index in [9.17, 15) is 8.42 Å². The molecule has 2 N–H and O–H groups in total. The molecule has 0 spiro atoms. The van der Waals surface area contributed by atoms with Crippen molar-refractivity contribution >= 4 is 10.0 Å². The lowest BCUT2D eigenvalue weighted by Gasteiger charge is -2.19. The highest BCUT2D eigenvalue weighted by atomic mass is 32.2. The minimum absolute atomic E-state index is 0.131. The molecule has 6 nitrogen and oxygen atoms in total. The first-order valence-electron chi connectivity index (χ1n) is 6.81. The van der Waals surface area contributed by atoms with Crippen molar-refractivity contribution in [2.24, 2.45) is 0 Å². The lowest BCUT2D eigenvalue weighted by Crippen LogP contribution is -2.32. The fraction of sp³-hybridized carbons (Fsp3) is 0.571. The third kappa shape index (κ3) is 5.91. The molecule has 21 heavy (non-hydrogen) atoms. The number of benzene rings is 1. The summed E-state index contributed by atoms with van der Waals surface area (Å²) in [6.07, 6.45) is 2.03. The topological polar surface area (TPSA) is 76.7 Å². The molecule has 0 radical (unpaired) electrons. The molecule has 1 atom stereocenters. The number of hydrogen-bond donors (Lipinski definition) is 2. The maximum atomic E-state index is 11.0. The van der Waals surface area contributed by atoms with Crippen molar-refractivity contribution in [1.29, 1.82) is 0 Å². The van der Waals surface area contributed by atoms with Crippen molar-refractivity contribution in [3.8, 4) is 11.5 Å². The molecular weight excluding hydrogens is 292 g/mol. The Morgan fingerprint density at radius 1 is 1.14 bits per heavy atom. The van der Waals surface area contributed by atoms with Gasteiger partial charge in [-0.15, -0.1) is 0 Å². The molecule has 0 aromatic heterocycles. The van der Waals surface area contributed by atoms with Crippen LogP contribution >= 0.6 is 0 Å². The van der Waals surface area contributed by atoms with Crippen LogP contribution in [-0.2, 0) is 10.0 Å². The Hall–Kier alpha value is -1.31. The number of nitrogens with one attached hydrogen (secondary N) is 2. The van der Waals surface area contributed by atoms with Gasteiger partial charge in [-0.25, -0.2) is 13.1 Å². The first kappa shape index (κ1) is 17.7. The van der Waals surface area contributed by atoms with Crippen LogP contribution in [0.5, 0.6) is 11.5 Å². The molecule has 0 amide bonds. The van der Waals surface area contributed by atoms with Crippen LogP contribution in [0.3, 0.4) is 0 Å². The van der Waals surface area contributed by atoms with Crippen molar-refractivity contribution in [1.82, 2.24) is 10.0 Å². The van der Waals surface area contributed by atoms with Gasteiger partial charge in [0.05, 0.1) is 20.5 Å². The highest BCUT2D eigenvalue weighted by molar-refractivity contribution is 7.88. The molecular formula is C14H24N2O4S. The van der Waals surface area contributed by atoms with E-state index >= 15 is 0 Å². The predicted octanol–water partition coefficient (Wildman–Crippen LogP) is 1.29. The zero-order valence-electron chi connectivity index (χ0n) is 13.0. The second-order valence-electron chi connectivity index (χ2n) is 4.70. The molecule has 120 valence electrons. The molecule has 0 heterocycles. The number of methoxy groups -OCH3 is 2. The molecule has 0 aliphatic carbocycles. The molecule has 1 unspecified atom stereocenters. The maximum Gasteiger partial charge on any atom is 0.208 e. The van der Waals surface area contributed by atoms with Gasteiger partial charge in [0.1, 0.15) is 0 Å². The third-order valence-electron chi connectivity index (χ3n) is 3.10. The standard InChI is InChI=1S/C14H24N2O4S/c1-5-12(15-8-9-16-21(4,17)18)11-6-7-13(19-2)14(10-11)20-3/h6-7,10,12,15-16H,5,8-9H2,1-4H3. The molecule has 0 aliphatic rings. The average Bonchev–Trinajstić information content (AvgIpc) is 2.45. The van der Waals surface area contributed by atoms with Crippen molar-refractivity contribution in [2.45, 2.75) is 19.4 Å². The van der Waals surface area contributed by atoms with Crippen molar-refractivity contribution in [3.05, 3.63) is 23.8 Å². The second kappa shape index (κ2) is 8.21. The Balaban J connectivity index is 2.67. The van der Waals surface area contributed by atoms with Gasteiger partial charge < -0.3 is 14.8 Å². The quantitative estimate of drug-likeness (QED) is 0.672. The van der Waals surface area contributed by atoms with E-state index in [2.05, 4.69) is 17.0 Å². The molecule has 1 rings (SSSR count). The van der Waals surface area contributed by atoms with Crippen molar-refractivity contribution in [2.75, 3.05) is 33.6 Å². The van der Waals surface area contributed by atoms with Crippen LogP contribution in [0.4, 0.5) is 0 Å². The number of ether oxygens (including phenoxy) is 2. The summed E-state index contributed by atoms with van der Waals surface area (Å²) in [7, 11) is 0.0647. The SMILES string of the molecule is CCC(NCCNS(C)(=O)=O)c1ccc(OC)c(OC)c1. The van der Waals surface area contributed by atoms with Crippen LogP contribution in [0.1, 0.15) is 24.9 Å². The number of sulfonamides is 1. The van der Waals surface area contributed by atoms with E-state index in [1.807, 2.05) is 18.2 Å². The highest BCUT2D eigenvalue weighted by Gasteiger charge is 2.12. The monoisotopic (exact) mass is 316 g/mol. The van der Waals surface area contributed by atoms with Gasteiger partial charge in [0.2, 0.25) is 10.0 Å². The Labute approximate surface area is 126 Å². The van der Waals surface area contributed by atoms with Crippen LogP contribution < -0.4 is 19.5 Å². The van der Waals surface area contributed by atoms with Crippen LogP contribution in [-0.4, -0.2) is 42.0 Å². The van der Waals surface area contributed by atoms with Gasteiger partial charge in [0, 0.05) is 19.1 Å². The smallest absolute Gasteiger partial charge is 0.208 e. The lowest BCUT2D eigenvalue weighted by molar-refractivity contribution is 0.353. The van der Waals surface area contributed by atoms with E-state index in [0.717, 1.165) is 18.2 Å². The number of rotatable bonds is 9. The predicted molar refractivity (Wildman–Crippen MR) is 83.4 cm³/mol. The van der Waals surface area contributed by atoms with Crippen LogP contribution in [0.15, 0.2) is 18.2 Å². The van der Waals surface area contributed by atoms with Gasteiger partial charge in [0.15, 0.2) is 11.5 Å². The minimum atomic E-state index is -3.14. The van der Waals surface area contributed by atoms with Crippen molar-refractivity contribution in [3.63, 3.8) is 0 Å². The molecule has 0 saturated carbocycles. The lowest BCUT2D eigenvalue weighted by atomic mass is 10.0. The Kier molecular flexibility index (Phi) is 6.94. The summed E-state index contributed by atoms with van der Waals surface area (Å²) in [6, 6.07) is 5.91. The third-order valence-corrected chi connectivity index (χ3v) is 3.83. The van der Waals surface area contributed by atoms with Crippen LogP contribution in [0, 0.1) is 0 Å². The van der Waals surface area contributed by atoms with Gasteiger partial charge >= 0.3 is 0 Å². The van der Waals surface area contributed by atoms with E-state index in [1.165, 1.54) is 0 Å². The molecule has 1 aromatic rings. The number of hydrogen-bond acceptors (Lipinski definition) is 5. The largest absolute Gasteiger partial charge is 0.493 e. The van der Waals surface area contributed by atoms with E-state index in [-0.39, 0.29) is 6.04 Å². The fourth-order valence-corrected chi connectivity index (χ4v) is 2.52. The molecule has 0 fully saturated rings. The van der Waals surface area contributed by atoms with Crippen LogP contribution in [0.25, 0.3) is 0 Å². The summed E-state index contributed by atoms with van der Waals surface area (Å²) < 4.78 is 35.0. The fourth-order valence-electron chi connectivity index (χ4n) is 2.05. The molecule has 0 bridgehead atoms. The summed E-state index contributed by atoms with van der Waals surface area (Å²) in [5.74, 6) is 1.37. The molecule has 0 saturated heterocycles. The van der Waals surface area contributed by atoms with E-state index in [1.54, 1.807) is 14.2 Å². The average molecular weight is 316 g/mol. The van der Waals surface area contributed by atoms with Gasteiger partial charge in [-0.3, -0.25) is 0 Å². The second-order valence-corrected chi connectivity index (χ2v) is 6.53. The molecule has 7 heteroatoms. The van der Waals surface area contributed by atoms with E-state index in [0.29, 0.717) is 24.6 Å². The van der Waals surface area contributed by atoms with Gasteiger partial charge in [-0.05, 0) is 24.1 Å². The first-order valence-corrected chi connectivity index (χ1v) is 8.70. The van der Waals surface area contributed by atoms with Gasteiger partial charge in [-0.1, -0.05) is 13.0 Å². The summed E-state index contributed by atoms with van der Waals surface area (Å²) in [6.45, 7) is 2.99. The van der Waals surface area contributed by atoms with Crippen molar-refractivity contribution < 1.29 is 17.9 Å². The Bertz CT molecular complexity index is 546. The zero-order chi connectivity index (χ0) is 15.9. The van der Waals surface area contributed by atoms with E-state index in [4.69, 9.17) is 9.47 Å². The van der Waals surface area contributed by atoms with E-state index < -0.39 is 10.0 Å².